The van der Waals surface area contributed by atoms with E-state index in [4.69, 9.17) is 0 Å². The monoisotopic (exact) mass is 526 g/mol. The fourth-order valence-electron chi connectivity index (χ4n) is 3.77. The largest absolute Gasteiger partial charge is 0.282 e. The number of amides is 1. The Kier molecular flexibility index (Phi) is 6.46. The van der Waals surface area contributed by atoms with Crippen LogP contribution in [-0.4, -0.2) is 35.1 Å². The van der Waals surface area contributed by atoms with Crippen molar-refractivity contribution in [2.75, 3.05) is 9.62 Å². The molecule has 1 aliphatic rings. The van der Waals surface area contributed by atoms with Crippen LogP contribution < -0.4 is 9.62 Å². The lowest BCUT2D eigenvalue weighted by Crippen LogP contribution is -2.32. The number of aliphatic imine (C=N–C) groups is 1. The van der Waals surface area contributed by atoms with Crippen molar-refractivity contribution in [1.82, 2.24) is 9.97 Å². The predicted octanol–water partition coefficient (Wildman–Crippen LogP) is 4.02. The third kappa shape index (κ3) is 4.88. The number of carbonyl (C=O) groups is 1. The SMILES string of the molecule is O=C1/C(=C\c2ccccc2[N+](=O)[O-])N=C(c2ccccc2)N1c1ccc(S(=O)(=O)Nc2ncccn2)cc1. The number of nitrogens with zero attached hydrogens (tertiary/aromatic N) is 5. The van der Waals surface area contributed by atoms with Crippen molar-refractivity contribution in [3.63, 3.8) is 0 Å². The van der Waals surface area contributed by atoms with Crippen molar-refractivity contribution in [2.45, 2.75) is 4.90 Å². The second-order valence-corrected chi connectivity index (χ2v) is 9.64. The van der Waals surface area contributed by atoms with E-state index in [9.17, 15) is 23.3 Å². The van der Waals surface area contributed by atoms with E-state index in [-0.39, 0.29) is 27.8 Å². The minimum Gasteiger partial charge on any atom is -0.266 e. The lowest BCUT2D eigenvalue weighted by Gasteiger charge is -2.19. The second-order valence-electron chi connectivity index (χ2n) is 7.96. The van der Waals surface area contributed by atoms with Gasteiger partial charge in [0.15, 0.2) is 0 Å². The van der Waals surface area contributed by atoms with Gasteiger partial charge in [0.25, 0.3) is 21.6 Å². The number of hydrogen-bond donors (Lipinski definition) is 1. The molecule has 1 aromatic heterocycles. The summed E-state index contributed by atoms with van der Waals surface area (Å²) in [6, 6.07) is 22.2. The molecule has 38 heavy (non-hydrogen) atoms. The minimum atomic E-state index is -3.98. The van der Waals surface area contributed by atoms with Crippen molar-refractivity contribution >= 4 is 45.2 Å². The van der Waals surface area contributed by atoms with Crippen LogP contribution in [0.1, 0.15) is 11.1 Å². The zero-order valence-corrected chi connectivity index (χ0v) is 20.3. The number of anilines is 2. The summed E-state index contributed by atoms with van der Waals surface area (Å²) in [4.78, 5) is 38.0. The van der Waals surface area contributed by atoms with Crippen LogP contribution in [0.5, 0.6) is 0 Å². The molecule has 1 amide bonds. The number of benzene rings is 3. The van der Waals surface area contributed by atoms with Gasteiger partial charge in [-0.15, -0.1) is 0 Å². The Bertz CT molecular complexity index is 1690. The Morgan fingerprint density at radius 3 is 2.21 bits per heavy atom. The molecule has 0 spiro atoms. The minimum absolute atomic E-state index is 0.00209. The number of sulfonamides is 1. The highest BCUT2D eigenvalue weighted by Gasteiger charge is 2.33. The van der Waals surface area contributed by atoms with Gasteiger partial charge in [-0.1, -0.05) is 42.5 Å². The number of aromatic nitrogens is 2. The van der Waals surface area contributed by atoms with Gasteiger partial charge in [0.2, 0.25) is 5.95 Å². The van der Waals surface area contributed by atoms with Crippen molar-refractivity contribution in [2.24, 2.45) is 4.99 Å². The van der Waals surface area contributed by atoms with E-state index < -0.39 is 20.9 Å². The maximum absolute atomic E-state index is 13.5. The van der Waals surface area contributed by atoms with Crippen molar-refractivity contribution in [3.05, 3.63) is 124 Å². The van der Waals surface area contributed by atoms with Gasteiger partial charge in [-0.05, 0) is 42.5 Å². The lowest BCUT2D eigenvalue weighted by atomic mass is 10.1. The van der Waals surface area contributed by atoms with Gasteiger partial charge in [-0.25, -0.2) is 28.1 Å². The van der Waals surface area contributed by atoms with E-state index in [1.165, 1.54) is 65.8 Å². The third-order valence-corrected chi connectivity index (χ3v) is 6.86. The number of rotatable bonds is 7. The van der Waals surface area contributed by atoms with Crippen LogP contribution in [0.4, 0.5) is 17.3 Å². The van der Waals surface area contributed by atoms with Gasteiger partial charge in [0.05, 0.1) is 21.1 Å². The van der Waals surface area contributed by atoms with E-state index in [0.717, 1.165) is 0 Å². The number of nitro benzene ring substituents is 1. The van der Waals surface area contributed by atoms with E-state index in [0.29, 0.717) is 17.1 Å². The van der Waals surface area contributed by atoms with Gasteiger partial charge in [-0.3, -0.25) is 19.8 Å². The summed E-state index contributed by atoms with van der Waals surface area (Å²) >= 11 is 0. The molecule has 0 aliphatic carbocycles. The molecular formula is C26H18N6O5S. The molecular weight excluding hydrogens is 508 g/mol. The predicted molar refractivity (Wildman–Crippen MR) is 141 cm³/mol. The first-order chi connectivity index (χ1) is 18.3. The van der Waals surface area contributed by atoms with Crippen LogP contribution in [-0.2, 0) is 14.8 Å². The molecule has 0 saturated carbocycles. The standard InChI is InChI=1S/C26H18N6O5S/c33-25-22(17-19-9-4-5-10-23(19)32(34)35)29-24(18-7-2-1-3-8-18)31(25)20-11-13-21(14-12-20)38(36,37)30-26-27-15-6-16-28-26/h1-17H,(H,27,28,30)/b22-17+. The maximum atomic E-state index is 13.5. The Labute approximate surface area is 217 Å². The fourth-order valence-corrected chi connectivity index (χ4v) is 4.72. The van der Waals surface area contributed by atoms with E-state index >= 15 is 0 Å². The summed E-state index contributed by atoms with van der Waals surface area (Å²) < 4.78 is 27.8. The molecule has 0 radical (unpaired) electrons. The molecule has 188 valence electrons. The normalized spacial score (nSPS) is 14.4. The molecule has 12 heteroatoms. The van der Waals surface area contributed by atoms with E-state index in [2.05, 4.69) is 19.7 Å². The van der Waals surface area contributed by atoms with Crippen molar-refractivity contribution in [3.8, 4) is 0 Å². The van der Waals surface area contributed by atoms with Crippen molar-refractivity contribution in [1.29, 1.82) is 0 Å². The van der Waals surface area contributed by atoms with Crippen LogP contribution in [0, 0.1) is 10.1 Å². The first-order valence-electron chi connectivity index (χ1n) is 11.2. The molecule has 0 saturated heterocycles. The average molecular weight is 527 g/mol. The van der Waals surface area contributed by atoms with E-state index in [1.54, 1.807) is 36.4 Å². The summed E-state index contributed by atoms with van der Waals surface area (Å²) in [5, 5.41) is 11.5. The average Bonchev–Trinajstić information content (AvgIpc) is 3.25. The number of nitrogens with one attached hydrogen (secondary N) is 1. The number of para-hydroxylation sites is 1. The van der Waals surface area contributed by atoms with Crippen LogP contribution in [0.15, 0.2) is 113 Å². The summed E-state index contributed by atoms with van der Waals surface area (Å²) in [5.74, 6) is -0.296. The Morgan fingerprint density at radius 2 is 1.53 bits per heavy atom. The molecule has 11 nitrogen and oxygen atoms in total. The molecule has 1 N–H and O–H groups in total. The van der Waals surface area contributed by atoms with Gasteiger partial charge in [0, 0.05) is 24.0 Å². The van der Waals surface area contributed by atoms with Gasteiger partial charge in [0.1, 0.15) is 11.5 Å². The lowest BCUT2D eigenvalue weighted by molar-refractivity contribution is -0.385. The van der Waals surface area contributed by atoms with Gasteiger partial charge < -0.3 is 0 Å². The number of amidine groups is 1. The number of nitro groups is 1. The summed E-state index contributed by atoms with van der Waals surface area (Å²) in [6.07, 6.45) is 4.19. The fraction of sp³-hybridized carbons (Fsp3) is 0. The Balaban J connectivity index is 1.52. The molecule has 5 rings (SSSR count). The van der Waals surface area contributed by atoms with Gasteiger partial charge in [-0.2, -0.15) is 0 Å². The zero-order chi connectivity index (χ0) is 26.7. The van der Waals surface area contributed by atoms with E-state index in [1.807, 2.05) is 6.07 Å². The van der Waals surface area contributed by atoms with Crippen LogP contribution >= 0.6 is 0 Å². The number of carbonyl (C=O) groups excluding carboxylic acids is 1. The molecule has 1 aliphatic heterocycles. The van der Waals surface area contributed by atoms with Crippen LogP contribution in [0.2, 0.25) is 0 Å². The highest BCUT2D eigenvalue weighted by molar-refractivity contribution is 7.92. The maximum Gasteiger partial charge on any atom is 0.282 e. The smallest absolute Gasteiger partial charge is 0.266 e. The van der Waals surface area contributed by atoms with Gasteiger partial charge >= 0.3 is 0 Å². The van der Waals surface area contributed by atoms with Crippen LogP contribution in [0.3, 0.4) is 0 Å². The second kappa shape index (κ2) is 10.0. The highest BCUT2D eigenvalue weighted by atomic mass is 32.2. The molecule has 0 fully saturated rings. The molecule has 0 atom stereocenters. The van der Waals surface area contributed by atoms with Crippen LogP contribution in [0.25, 0.3) is 6.08 Å². The molecule has 3 aromatic carbocycles. The summed E-state index contributed by atoms with van der Waals surface area (Å²) in [7, 11) is -3.98. The Morgan fingerprint density at radius 1 is 0.868 bits per heavy atom. The topological polar surface area (TPSA) is 148 Å². The third-order valence-electron chi connectivity index (χ3n) is 5.51. The van der Waals surface area contributed by atoms with Crippen molar-refractivity contribution < 1.29 is 18.1 Å². The first kappa shape index (κ1) is 24.5. The Hall–Kier alpha value is -5.23. The summed E-state index contributed by atoms with van der Waals surface area (Å²) in [6.45, 7) is 0. The zero-order valence-electron chi connectivity index (χ0n) is 19.5. The highest BCUT2D eigenvalue weighted by Crippen LogP contribution is 2.30. The quantitative estimate of drug-likeness (QED) is 0.217. The molecule has 2 heterocycles. The number of hydrogen-bond acceptors (Lipinski definition) is 8. The molecule has 4 aromatic rings. The molecule has 0 bridgehead atoms. The first-order valence-corrected chi connectivity index (χ1v) is 12.7. The summed E-state index contributed by atoms with van der Waals surface area (Å²) in [5.41, 5.74) is 1.06. The molecule has 0 unspecified atom stereocenters.